The van der Waals surface area contributed by atoms with Gasteiger partial charge in [0.15, 0.2) is 0 Å². The third-order valence-corrected chi connectivity index (χ3v) is 4.94. The minimum Gasteiger partial charge on any atom is -0.376 e. The molecule has 1 aromatic rings. The van der Waals surface area contributed by atoms with Crippen molar-refractivity contribution in [3.05, 3.63) is 59.7 Å². The molecule has 2 unspecified atom stereocenters. The van der Waals surface area contributed by atoms with E-state index < -0.39 is 0 Å². The number of amides is 1. The van der Waals surface area contributed by atoms with E-state index in [0.717, 1.165) is 31.8 Å². The van der Waals surface area contributed by atoms with Crippen molar-refractivity contribution in [2.45, 2.75) is 44.6 Å². The van der Waals surface area contributed by atoms with Crippen molar-refractivity contribution in [1.29, 1.82) is 0 Å². The first-order valence-corrected chi connectivity index (χ1v) is 9.10. The number of carbonyl (C=O) groups excluding carboxylic acids is 1. The zero-order valence-corrected chi connectivity index (χ0v) is 14.2. The van der Waals surface area contributed by atoms with Crippen LogP contribution < -0.4 is 5.32 Å². The highest BCUT2D eigenvalue weighted by molar-refractivity contribution is 5.87. The fourth-order valence-corrected chi connectivity index (χ4v) is 3.55. The van der Waals surface area contributed by atoms with Crippen LogP contribution in [0.3, 0.4) is 0 Å². The van der Waals surface area contributed by atoms with Gasteiger partial charge in [0.2, 0.25) is 5.91 Å². The van der Waals surface area contributed by atoms with Gasteiger partial charge in [-0.25, -0.2) is 0 Å². The van der Waals surface area contributed by atoms with E-state index in [1.807, 2.05) is 12.2 Å². The Kier molecular flexibility index (Phi) is 6.25. The highest BCUT2D eigenvalue weighted by Crippen LogP contribution is 2.27. The Labute approximate surface area is 144 Å². The monoisotopic (exact) mass is 325 g/mol. The molecule has 24 heavy (non-hydrogen) atoms. The molecule has 0 spiro atoms. The molecule has 1 fully saturated rings. The average Bonchev–Trinajstić information content (AvgIpc) is 3.13. The third-order valence-electron chi connectivity index (χ3n) is 4.94. The van der Waals surface area contributed by atoms with E-state index in [-0.39, 0.29) is 12.0 Å². The highest BCUT2D eigenvalue weighted by Gasteiger charge is 2.17. The van der Waals surface area contributed by atoms with Crippen molar-refractivity contribution >= 4 is 5.91 Å². The molecule has 3 heteroatoms. The highest BCUT2D eigenvalue weighted by atomic mass is 16.5. The minimum absolute atomic E-state index is 0.0401. The van der Waals surface area contributed by atoms with Crippen LogP contribution in [0.25, 0.3) is 0 Å². The van der Waals surface area contributed by atoms with Crippen LogP contribution in [-0.4, -0.2) is 25.2 Å². The Morgan fingerprint density at radius 1 is 1.21 bits per heavy atom. The Morgan fingerprint density at radius 2 is 2.08 bits per heavy atom. The van der Waals surface area contributed by atoms with E-state index in [2.05, 4.69) is 35.7 Å². The van der Waals surface area contributed by atoms with Crippen LogP contribution in [0.4, 0.5) is 0 Å². The maximum atomic E-state index is 11.7. The summed E-state index contributed by atoms with van der Waals surface area (Å²) in [7, 11) is 0. The lowest BCUT2D eigenvalue weighted by atomic mass is 9.82. The summed E-state index contributed by atoms with van der Waals surface area (Å²) in [5.41, 5.74) is 3.02. The van der Waals surface area contributed by atoms with Crippen LogP contribution in [0.2, 0.25) is 0 Å². The quantitative estimate of drug-likeness (QED) is 0.641. The fourth-order valence-electron chi connectivity index (χ4n) is 3.55. The maximum Gasteiger partial charge on any atom is 0.244 e. The van der Waals surface area contributed by atoms with E-state index in [1.54, 1.807) is 6.08 Å². The van der Waals surface area contributed by atoms with Gasteiger partial charge in [-0.3, -0.25) is 4.79 Å². The van der Waals surface area contributed by atoms with Gasteiger partial charge < -0.3 is 10.1 Å². The van der Waals surface area contributed by atoms with Gasteiger partial charge in [-0.15, -0.1) is 0 Å². The van der Waals surface area contributed by atoms with Gasteiger partial charge >= 0.3 is 0 Å². The molecule has 3 rings (SSSR count). The smallest absolute Gasteiger partial charge is 0.244 e. The van der Waals surface area contributed by atoms with Crippen LogP contribution in [-0.2, 0) is 22.4 Å². The fraction of sp³-hybridized carbons (Fsp3) is 0.476. The van der Waals surface area contributed by atoms with Crippen LogP contribution >= 0.6 is 0 Å². The van der Waals surface area contributed by atoms with Crippen molar-refractivity contribution in [1.82, 2.24) is 5.32 Å². The van der Waals surface area contributed by atoms with Gasteiger partial charge in [-0.2, -0.15) is 0 Å². The van der Waals surface area contributed by atoms with Crippen molar-refractivity contribution < 1.29 is 9.53 Å². The van der Waals surface area contributed by atoms with E-state index in [0.29, 0.717) is 6.54 Å². The lowest BCUT2D eigenvalue weighted by Gasteiger charge is -2.23. The molecule has 1 N–H and O–H groups in total. The molecule has 0 saturated carbocycles. The summed E-state index contributed by atoms with van der Waals surface area (Å²) in [6.45, 7) is 1.44. The predicted molar refractivity (Wildman–Crippen MR) is 96.8 cm³/mol. The average molecular weight is 325 g/mol. The first-order chi connectivity index (χ1) is 11.8. The summed E-state index contributed by atoms with van der Waals surface area (Å²) < 4.78 is 5.49. The second-order valence-electron chi connectivity index (χ2n) is 6.78. The summed E-state index contributed by atoms with van der Waals surface area (Å²) in [5, 5.41) is 2.89. The topological polar surface area (TPSA) is 38.3 Å². The zero-order chi connectivity index (χ0) is 16.6. The molecule has 128 valence electrons. The molecule has 1 heterocycles. The van der Waals surface area contributed by atoms with Crippen LogP contribution in [0.15, 0.2) is 48.6 Å². The number of hydrogen-bond donors (Lipinski definition) is 1. The molecule has 1 aliphatic heterocycles. The number of ether oxygens (including phenoxy) is 1. The predicted octanol–water partition coefficient (Wildman–Crippen LogP) is 3.59. The number of benzene rings is 1. The first-order valence-electron chi connectivity index (χ1n) is 9.10. The Balaban J connectivity index is 1.35. The molecule has 0 bridgehead atoms. The van der Waals surface area contributed by atoms with Gasteiger partial charge in [0.05, 0.1) is 6.10 Å². The number of rotatable bonds is 6. The largest absolute Gasteiger partial charge is 0.376 e. The summed E-state index contributed by atoms with van der Waals surface area (Å²) in [6.07, 6.45) is 14.7. The molecule has 3 nitrogen and oxygen atoms in total. The zero-order valence-electron chi connectivity index (χ0n) is 14.2. The second kappa shape index (κ2) is 8.84. The van der Waals surface area contributed by atoms with Crippen molar-refractivity contribution in [3.8, 4) is 0 Å². The van der Waals surface area contributed by atoms with Gasteiger partial charge in [-0.05, 0) is 55.6 Å². The Hall–Kier alpha value is -1.87. The molecule has 0 aromatic heterocycles. The van der Waals surface area contributed by atoms with Gasteiger partial charge in [-0.1, -0.05) is 42.5 Å². The Morgan fingerprint density at radius 3 is 2.92 bits per heavy atom. The molecular weight excluding hydrogens is 298 g/mol. The normalized spacial score (nSPS) is 23.7. The summed E-state index contributed by atoms with van der Waals surface area (Å²) in [4.78, 5) is 11.7. The maximum absolute atomic E-state index is 11.7. The lowest BCUT2D eigenvalue weighted by molar-refractivity contribution is -0.117. The molecule has 1 saturated heterocycles. The molecule has 1 aliphatic carbocycles. The minimum atomic E-state index is -0.0401. The first kappa shape index (κ1) is 17.0. The Bertz CT molecular complexity index is 600. The van der Waals surface area contributed by atoms with Crippen LogP contribution in [0.1, 0.15) is 36.8 Å². The van der Waals surface area contributed by atoms with Gasteiger partial charge in [0, 0.05) is 19.2 Å². The van der Waals surface area contributed by atoms with Crippen LogP contribution in [0.5, 0.6) is 0 Å². The van der Waals surface area contributed by atoms with E-state index in [9.17, 15) is 4.79 Å². The van der Waals surface area contributed by atoms with Gasteiger partial charge in [0.25, 0.3) is 0 Å². The SMILES string of the molecule is O=C(C=CC=CCC1CCc2ccccc2C1)NCC1CCCO1. The van der Waals surface area contributed by atoms with Crippen molar-refractivity contribution in [3.63, 3.8) is 0 Å². The van der Waals surface area contributed by atoms with E-state index in [1.165, 1.54) is 30.4 Å². The molecule has 2 atom stereocenters. The van der Waals surface area contributed by atoms with Gasteiger partial charge in [0.1, 0.15) is 0 Å². The number of hydrogen-bond acceptors (Lipinski definition) is 2. The molecule has 1 amide bonds. The molecule has 0 radical (unpaired) electrons. The number of nitrogens with one attached hydrogen (secondary N) is 1. The number of carbonyl (C=O) groups is 1. The van der Waals surface area contributed by atoms with Crippen LogP contribution in [0, 0.1) is 5.92 Å². The molecule has 2 aliphatic rings. The molecule has 1 aromatic carbocycles. The number of fused-ring (bicyclic) bond motifs is 1. The summed E-state index contributed by atoms with van der Waals surface area (Å²) >= 11 is 0. The second-order valence-corrected chi connectivity index (χ2v) is 6.78. The van der Waals surface area contributed by atoms with E-state index >= 15 is 0 Å². The standard InChI is InChI=1S/C21H27NO2/c23-21(22-16-20-10-6-14-24-20)11-3-1-2-7-17-12-13-18-8-4-5-9-19(18)15-17/h1-5,8-9,11,17,20H,6-7,10,12-16H2,(H,22,23). The number of aryl methyl sites for hydroxylation is 1. The summed E-state index contributed by atoms with van der Waals surface area (Å²) in [5.74, 6) is 0.680. The number of allylic oxidation sites excluding steroid dienone is 3. The molecular formula is C21H27NO2. The van der Waals surface area contributed by atoms with E-state index in [4.69, 9.17) is 4.74 Å². The van der Waals surface area contributed by atoms with Crippen molar-refractivity contribution in [2.75, 3.05) is 13.2 Å². The third kappa shape index (κ3) is 5.07. The lowest BCUT2D eigenvalue weighted by Crippen LogP contribution is -2.30. The van der Waals surface area contributed by atoms with Crippen molar-refractivity contribution in [2.24, 2.45) is 5.92 Å². The summed E-state index contributed by atoms with van der Waals surface area (Å²) in [6, 6.07) is 8.77.